The molecule has 8 nitrogen and oxygen atoms in total. The quantitative estimate of drug-likeness (QED) is 0.353. The molecule has 2 saturated heterocycles. The van der Waals surface area contributed by atoms with Crippen LogP contribution < -0.4 is 5.32 Å². The topological polar surface area (TPSA) is 97.3 Å². The number of nitrogens with one attached hydrogen (secondary N) is 1. The largest absolute Gasteiger partial charge is 0.446 e. The highest BCUT2D eigenvalue weighted by Gasteiger charge is 2.81. The monoisotopic (exact) mass is 616 g/mol. The van der Waals surface area contributed by atoms with Gasteiger partial charge in [-0.25, -0.2) is 9.59 Å². The molecule has 0 aromatic heterocycles. The molecule has 2 amide bonds. The van der Waals surface area contributed by atoms with E-state index in [0.717, 1.165) is 51.3 Å². The zero-order chi connectivity index (χ0) is 31.7. The lowest BCUT2D eigenvalue weighted by atomic mass is 9.46. The van der Waals surface area contributed by atoms with Crippen molar-refractivity contribution in [3.63, 3.8) is 0 Å². The summed E-state index contributed by atoms with van der Waals surface area (Å²) < 4.78 is 19.1. The molecule has 7 aliphatic rings. The molecule has 2 spiro atoms. The summed E-state index contributed by atoms with van der Waals surface area (Å²) in [5, 5.41) is 9.81. The number of alkyl carbamates (subject to hydrolysis) is 1. The first kappa shape index (κ1) is 32.4. The number of carbonyl (C=O) groups excluding carboxylic acids is 2. The third kappa shape index (κ3) is 4.73. The molecule has 0 aromatic rings. The van der Waals surface area contributed by atoms with Crippen molar-refractivity contribution in [3.8, 4) is 0 Å². The van der Waals surface area contributed by atoms with Gasteiger partial charge in [-0.2, -0.15) is 0 Å². The first-order chi connectivity index (χ1) is 21.0. The molecule has 2 heterocycles. The minimum absolute atomic E-state index is 0.00961. The van der Waals surface area contributed by atoms with Crippen molar-refractivity contribution in [2.24, 2.45) is 51.2 Å². The Morgan fingerprint density at radius 3 is 2.34 bits per heavy atom. The molecule has 7 rings (SSSR count). The molecular formula is C36H60N2O6. The third-order valence-corrected chi connectivity index (χ3v) is 14.5. The van der Waals surface area contributed by atoms with Crippen LogP contribution in [0.5, 0.6) is 0 Å². The van der Waals surface area contributed by atoms with E-state index in [2.05, 4.69) is 39.9 Å². The van der Waals surface area contributed by atoms with Crippen molar-refractivity contribution in [1.82, 2.24) is 10.2 Å². The van der Waals surface area contributed by atoms with E-state index < -0.39 is 0 Å². The van der Waals surface area contributed by atoms with Gasteiger partial charge in [-0.15, -0.1) is 0 Å². The van der Waals surface area contributed by atoms with Crippen LogP contribution in [-0.2, 0) is 14.2 Å². The number of aliphatic hydroxyl groups excluding tert-OH is 1. The molecule has 2 N–H and O–H groups in total. The van der Waals surface area contributed by atoms with Crippen molar-refractivity contribution < 1.29 is 28.9 Å². The van der Waals surface area contributed by atoms with E-state index in [1.165, 1.54) is 51.4 Å². The van der Waals surface area contributed by atoms with Gasteiger partial charge in [-0.3, -0.25) is 0 Å². The van der Waals surface area contributed by atoms with Gasteiger partial charge in [-0.05, 0) is 123 Å². The molecule has 5 saturated carbocycles. The number of aliphatic hydroxyl groups is 1. The maximum atomic E-state index is 12.8. The summed E-state index contributed by atoms with van der Waals surface area (Å²) in [7, 11) is 1.00. The summed E-state index contributed by atoms with van der Waals surface area (Å²) in [6.45, 7) is 15.9. The van der Waals surface area contributed by atoms with Gasteiger partial charge in [0.05, 0.1) is 12.2 Å². The van der Waals surface area contributed by atoms with Gasteiger partial charge >= 0.3 is 12.2 Å². The summed E-state index contributed by atoms with van der Waals surface area (Å²) in [6.07, 6.45) is 13.1. The first-order valence-electron chi connectivity index (χ1n) is 18.0. The Hall–Kier alpha value is -1.54. The smallest absolute Gasteiger partial charge is 0.410 e. The average molecular weight is 617 g/mol. The first-order valence-corrected chi connectivity index (χ1v) is 18.0. The number of fused-ring (bicyclic) bond motifs is 4. The Morgan fingerprint density at radius 2 is 1.68 bits per heavy atom. The van der Waals surface area contributed by atoms with Crippen LogP contribution in [0.1, 0.15) is 112 Å². The lowest BCUT2D eigenvalue weighted by Crippen LogP contribution is -2.56. The summed E-state index contributed by atoms with van der Waals surface area (Å²) >= 11 is 0. The molecule has 4 unspecified atom stereocenters. The summed E-state index contributed by atoms with van der Waals surface area (Å²) in [6, 6.07) is 0. The molecule has 8 heteroatoms. The lowest BCUT2D eigenvalue weighted by Gasteiger charge is -2.59. The minimum Gasteiger partial charge on any atom is -0.446 e. The Bertz CT molecular complexity index is 1090. The normalized spacial score (nSPS) is 45.0. The summed E-state index contributed by atoms with van der Waals surface area (Å²) in [4.78, 5) is 27.0. The van der Waals surface area contributed by atoms with Gasteiger partial charge in [-0.1, -0.05) is 34.6 Å². The lowest BCUT2D eigenvalue weighted by molar-refractivity contribution is -0.149. The van der Waals surface area contributed by atoms with Gasteiger partial charge in [0.1, 0.15) is 12.2 Å². The molecule has 11 atom stereocenters. The second-order valence-corrected chi connectivity index (χ2v) is 16.7. The van der Waals surface area contributed by atoms with Crippen molar-refractivity contribution >= 4 is 12.2 Å². The highest BCUT2D eigenvalue weighted by atomic mass is 16.6. The number of likely N-dealkylation sites (tertiary alicyclic amines) is 1. The fraction of sp³-hybridized carbons (Fsp3) is 0.944. The number of hydrogen-bond acceptors (Lipinski definition) is 6. The van der Waals surface area contributed by atoms with E-state index in [-0.39, 0.29) is 47.9 Å². The van der Waals surface area contributed by atoms with Gasteiger partial charge in [0.2, 0.25) is 0 Å². The molecule has 44 heavy (non-hydrogen) atoms. The van der Waals surface area contributed by atoms with Crippen molar-refractivity contribution in [1.29, 1.82) is 0 Å². The average Bonchev–Trinajstić information content (AvgIpc) is 3.53. The van der Waals surface area contributed by atoms with E-state index in [4.69, 9.17) is 19.3 Å². The van der Waals surface area contributed by atoms with E-state index in [1.807, 2.05) is 11.8 Å². The minimum atomic E-state index is -0.320. The number of nitrogens with zero attached hydrogens (tertiary/aromatic N) is 1. The molecule has 2 aliphatic heterocycles. The highest BCUT2D eigenvalue weighted by molar-refractivity contribution is 5.68. The van der Waals surface area contributed by atoms with Crippen LogP contribution in [-0.4, -0.2) is 73.4 Å². The predicted molar refractivity (Wildman–Crippen MR) is 169 cm³/mol. The molecule has 5 aliphatic carbocycles. The molecule has 7 fully saturated rings. The van der Waals surface area contributed by atoms with E-state index in [9.17, 15) is 9.59 Å². The van der Waals surface area contributed by atoms with Crippen LogP contribution in [0.3, 0.4) is 0 Å². The van der Waals surface area contributed by atoms with Gasteiger partial charge in [0.15, 0.2) is 0 Å². The standard InChI is InChI=1S/C35H56N2O5.CH4O/c1-7-36-30(38)42-29(21(2)3)25-11-9-23-26(40-25)19-24-22-10-12-27-32(4,5)28(41-31(39)37-17-8-18-37)13-14-35(27)20-34(22,35)16-15-33(23,24)6;1-2/h21-29H,7-20H2,1-6H3,(H,36,38);2H,1H3/t22?,23-,24?,25?,26?,27-,28-,29+,33+,34-,35+;/m0./s1. The van der Waals surface area contributed by atoms with Crippen LogP contribution in [0.15, 0.2) is 0 Å². The number of ether oxygens (including phenoxy) is 3. The maximum absolute atomic E-state index is 12.8. The van der Waals surface area contributed by atoms with Crippen molar-refractivity contribution in [3.05, 3.63) is 0 Å². The Labute approximate surface area is 265 Å². The predicted octanol–water partition coefficient (Wildman–Crippen LogP) is 6.78. The van der Waals surface area contributed by atoms with Crippen LogP contribution >= 0.6 is 0 Å². The number of carbonyl (C=O) groups is 2. The second-order valence-electron chi connectivity index (χ2n) is 16.7. The maximum Gasteiger partial charge on any atom is 0.410 e. The fourth-order valence-electron chi connectivity index (χ4n) is 12.3. The molecule has 0 radical (unpaired) electrons. The summed E-state index contributed by atoms with van der Waals surface area (Å²) in [5.74, 6) is 3.02. The van der Waals surface area contributed by atoms with E-state index >= 15 is 0 Å². The Kier molecular flexibility index (Phi) is 8.55. The fourth-order valence-corrected chi connectivity index (χ4v) is 12.3. The van der Waals surface area contributed by atoms with E-state index in [1.54, 1.807) is 0 Å². The van der Waals surface area contributed by atoms with E-state index in [0.29, 0.717) is 34.6 Å². The molecule has 0 bridgehead atoms. The highest BCUT2D eigenvalue weighted by Crippen LogP contribution is 2.87. The van der Waals surface area contributed by atoms with Gasteiger partial charge in [0.25, 0.3) is 0 Å². The van der Waals surface area contributed by atoms with Crippen LogP contribution in [0.2, 0.25) is 0 Å². The van der Waals surface area contributed by atoms with Crippen LogP contribution in [0.4, 0.5) is 9.59 Å². The second kappa shape index (κ2) is 11.6. The number of rotatable bonds is 5. The van der Waals surface area contributed by atoms with Gasteiger partial charge in [0, 0.05) is 32.2 Å². The van der Waals surface area contributed by atoms with Gasteiger partial charge < -0.3 is 29.5 Å². The third-order valence-electron chi connectivity index (χ3n) is 14.5. The number of amides is 2. The zero-order valence-electron chi connectivity index (χ0n) is 28.5. The molecule has 0 aromatic carbocycles. The van der Waals surface area contributed by atoms with Crippen LogP contribution in [0, 0.1) is 51.2 Å². The Morgan fingerprint density at radius 1 is 0.955 bits per heavy atom. The SMILES string of the molecule is CCNC(=O)O[C@H](C(C)C)C1CC[C@H]2C(CC3C4CC[C@H]5C(C)(C)[C@@H](OC(=O)N6CCC6)CC[C@@]56C[C@@]46CC[C@@]32C)O1.CO. The van der Waals surface area contributed by atoms with Crippen molar-refractivity contribution in [2.75, 3.05) is 26.7 Å². The number of hydrogen-bond donors (Lipinski definition) is 2. The Balaban J connectivity index is 0.00000168. The van der Waals surface area contributed by atoms with Crippen molar-refractivity contribution in [2.45, 2.75) is 137 Å². The van der Waals surface area contributed by atoms with Crippen LogP contribution in [0.25, 0.3) is 0 Å². The zero-order valence-corrected chi connectivity index (χ0v) is 28.5. The molecule has 250 valence electrons. The summed E-state index contributed by atoms with van der Waals surface area (Å²) in [5.41, 5.74) is 1.32. The molecular weight excluding hydrogens is 556 g/mol.